The maximum absolute atomic E-state index is 11.6. The summed E-state index contributed by atoms with van der Waals surface area (Å²) in [5.74, 6) is 0.413. The first-order chi connectivity index (χ1) is 14.1. The number of nitrogens with one attached hydrogen (secondary N) is 1. The number of anilines is 1. The molecule has 0 aromatic heterocycles. The number of thioether (sulfide) groups is 1. The van der Waals surface area contributed by atoms with Crippen molar-refractivity contribution < 1.29 is 14.3 Å². The number of carbonyl (C=O) groups excluding carboxylic acids is 2. The van der Waals surface area contributed by atoms with Crippen LogP contribution in [0.1, 0.15) is 5.56 Å². The highest BCUT2D eigenvalue weighted by molar-refractivity contribution is 8.18. The van der Waals surface area contributed by atoms with Crippen LogP contribution in [-0.2, 0) is 4.79 Å². The minimum absolute atomic E-state index is 0.336. The fraction of sp³-hybridized carbons (Fsp3) is 0.130. The molecule has 1 N–H and O–H groups in total. The monoisotopic (exact) mass is 404 g/mol. The van der Waals surface area contributed by atoms with Crippen LogP contribution in [0.15, 0.2) is 71.6 Å². The van der Waals surface area contributed by atoms with Crippen molar-refractivity contribution in [2.75, 3.05) is 25.1 Å². The molecule has 0 bridgehead atoms. The summed E-state index contributed by atoms with van der Waals surface area (Å²) in [6.07, 6.45) is 1.70. The molecule has 1 aliphatic heterocycles. The van der Waals surface area contributed by atoms with Gasteiger partial charge in [0.2, 0.25) is 0 Å². The van der Waals surface area contributed by atoms with Gasteiger partial charge in [-0.15, -0.1) is 0 Å². The zero-order valence-corrected chi connectivity index (χ0v) is 16.7. The summed E-state index contributed by atoms with van der Waals surface area (Å²) in [5, 5.41) is 4.36. The number of benzene rings is 3. The van der Waals surface area contributed by atoms with Gasteiger partial charge in [0, 0.05) is 12.7 Å². The van der Waals surface area contributed by atoms with Gasteiger partial charge in [-0.3, -0.25) is 14.9 Å². The van der Waals surface area contributed by atoms with Gasteiger partial charge in [-0.2, -0.15) is 0 Å². The first-order valence-electron chi connectivity index (χ1n) is 9.26. The summed E-state index contributed by atoms with van der Waals surface area (Å²) in [4.78, 5) is 25.4. The third kappa shape index (κ3) is 4.60. The van der Waals surface area contributed by atoms with Gasteiger partial charge in [0.25, 0.3) is 11.1 Å². The van der Waals surface area contributed by atoms with E-state index in [-0.39, 0.29) is 11.1 Å². The number of ether oxygens (including phenoxy) is 1. The molecule has 0 saturated carbocycles. The van der Waals surface area contributed by atoms with Crippen molar-refractivity contribution in [3.8, 4) is 5.75 Å². The highest BCUT2D eigenvalue weighted by Crippen LogP contribution is 2.26. The molecule has 1 fully saturated rings. The highest BCUT2D eigenvalue weighted by Gasteiger charge is 2.24. The first-order valence-corrected chi connectivity index (χ1v) is 10.1. The average molecular weight is 404 g/mol. The van der Waals surface area contributed by atoms with Crippen LogP contribution in [0.4, 0.5) is 10.5 Å². The maximum Gasteiger partial charge on any atom is 0.290 e. The fourth-order valence-corrected chi connectivity index (χ4v) is 3.76. The number of imide groups is 1. The van der Waals surface area contributed by atoms with Crippen LogP contribution in [0.25, 0.3) is 16.8 Å². The van der Waals surface area contributed by atoms with Gasteiger partial charge in [-0.05, 0) is 58.4 Å². The minimum Gasteiger partial charge on any atom is -0.492 e. The second-order valence-corrected chi connectivity index (χ2v) is 7.74. The Kier molecular flexibility index (Phi) is 5.53. The van der Waals surface area contributed by atoms with E-state index in [4.69, 9.17) is 4.74 Å². The van der Waals surface area contributed by atoms with E-state index < -0.39 is 0 Å². The van der Waals surface area contributed by atoms with Gasteiger partial charge in [-0.1, -0.05) is 42.5 Å². The first kappa shape index (κ1) is 19.1. The summed E-state index contributed by atoms with van der Waals surface area (Å²) in [6, 6.07) is 22.2. The van der Waals surface area contributed by atoms with E-state index >= 15 is 0 Å². The Morgan fingerprint density at radius 3 is 2.48 bits per heavy atom. The molecule has 4 rings (SSSR count). The quantitative estimate of drug-likeness (QED) is 0.605. The Labute approximate surface area is 173 Å². The summed E-state index contributed by atoms with van der Waals surface area (Å²) in [6.45, 7) is 1.31. The highest BCUT2D eigenvalue weighted by atomic mass is 32.2. The average Bonchev–Trinajstić information content (AvgIpc) is 3.05. The molecule has 0 atom stereocenters. The summed E-state index contributed by atoms with van der Waals surface area (Å²) < 4.78 is 5.85. The van der Waals surface area contributed by atoms with Crippen LogP contribution in [0.3, 0.4) is 0 Å². The van der Waals surface area contributed by atoms with E-state index in [0.717, 1.165) is 35.3 Å². The van der Waals surface area contributed by atoms with Gasteiger partial charge < -0.3 is 9.64 Å². The van der Waals surface area contributed by atoms with Crippen molar-refractivity contribution in [1.29, 1.82) is 0 Å². The van der Waals surface area contributed by atoms with Gasteiger partial charge in [0.05, 0.1) is 11.4 Å². The number of hydrogen-bond donors (Lipinski definition) is 1. The lowest BCUT2D eigenvalue weighted by atomic mass is 10.1. The lowest BCUT2D eigenvalue weighted by molar-refractivity contribution is -0.115. The van der Waals surface area contributed by atoms with Crippen LogP contribution in [0.5, 0.6) is 5.75 Å². The number of carbonyl (C=O) groups is 2. The second-order valence-electron chi connectivity index (χ2n) is 6.72. The smallest absolute Gasteiger partial charge is 0.290 e. The van der Waals surface area contributed by atoms with Gasteiger partial charge >= 0.3 is 0 Å². The van der Waals surface area contributed by atoms with Crippen molar-refractivity contribution in [2.24, 2.45) is 0 Å². The normalized spacial score (nSPS) is 15.0. The molecule has 0 aliphatic carbocycles. The predicted molar refractivity (Wildman–Crippen MR) is 118 cm³/mol. The summed E-state index contributed by atoms with van der Waals surface area (Å²) in [5.41, 5.74) is 1.99. The molecule has 0 spiro atoms. The molecular weight excluding hydrogens is 384 g/mol. The van der Waals surface area contributed by atoms with E-state index in [1.165, 1.54) is 10.8 Å². The molecule has 1 heterocycles. The maximum atomic E-state index is 11.6. The van der Waals surface area contributed by atoms with Gasteiger partial charge in [0.1, 0.15) is 12.4 Å². The standard InChI is InChI=1S/C23H20N2O3S/c1-25(19-9-8-17-4-2-3-5-18(17)15-19)12-13-28-20-10-6-16(7-11-20)14-21-22(26)24-23(27)29-21/h2-11,14-15H,12-13H2,1H3,(H,24,26,27)/b21-14-. The summed E-state index contributed by atoms with van der Waals surface area (Å²) in [7, 11) is 2.05. The topological polar surface area (TPSA) is 58.6 Å². The molecule has 5 nitrogen and oxygen atoms in total. The van der Waals surface area contributed by atoms with Gasteiger partial charge in [0.15, 0.2) is 0 Å². The second kappa shape index (κ2) is 8.41. The zero-order chi connectivity index (χ0) is 20.2. The molecule has 29 heavy (non-hydrogen) atoms. The van der Waals surface area contributed by atoms with E-state index in [9.17, 15) is 9.59 Å². The Morgan fingerprint density at radius 1 is 1.00 bits per heavy atom. The third-order valence-electron chi connectivity index (χ3n) is 4.69. The third-order valence-corrected chi connectivity index (χ3v) is 5.50. The number of rotatable bonds is 6. The molecule has 0 unspecified atom stereocenters. The molecule has 146 valence electrons. The molecule has 0 radical (unpaired) electrons. The molecule has 3 aromatic carbocycles. The number of amides is 2. The lowest BCUT2D eigenvalue weighted by Gasteiger charge is -2.20. The SMILES string of the molecule is CN(CCOc1ccc(/C=C2\SC(=O)NC2=O)cc1)c1ccc2ccccc2c1. The van der Waals surface area contributed by atoms with Crippen molar-refractivity contribution in [2.45, 2.75) is 0 Å². The Morgan fingerprint density at radius 2 is 1.76 bits per heavy atom. The van der Waals surface area contributed by atoms with Crippen LogP contribution in [0.2, 0.25) is 0 Å². The molecule has 6 heteroatoms. The molecule has 2 amide bonds. The van der Waals surface area contributed by atoms with Crippen molar-refractivity contribution in [3.63, 3.8) is 0 Å². The van der Waals surface area contributed by atoms with Crippen molar-refractivity contribution >= 4 is 45.4 Å². The Hall–Kier alpha value is -3.25. The molecule has 1 saturated heterocycles. The van der Waals surface area contributed by atoms with Crippen LogP contribution >= 0.6 is 11.8 Å². The zero-order valence-electron chi connectivity index (χ0n) is 15.9. The minimum atomic E-state index is -0.350. The van der Waals surface area contributed by atoms with Gasteiger partial charge in [-0.25, -0.2) is 0 Å². The molecular formula is C23H20N2O3S. The summed E-state index contributed by atoms with van der Waals surface area (Å²) >= 11 is 0.913. The molecule has 3 aromatic rings. The Bertz CT molecular complexity index is 1090. The fourth-order valence-electron chi connectivity index (χ4n) is 3.08. The van der Waals surface area contributed by atoms with E-state index in [1.54, 1.807) is 6.08 Å². The van der Waals surface area contributed by atoms with E-state index in [0.29, 0.717) is 11.5 Å². The van der Waals surface area contributed by atoms with Crippen LogP contribution < -0.4 is 15.0 Å². The Balaban J connectivity index is 1.32. The number of hydrogen-bond acceptors (Lipinski definition) is 5. The largest absolute Gasteiger partial charge is 0.492 e. The molecule has 1 aliphatic rings. The number of likely N-dealkylation sites (N-methyl/N-ethyl adjacent to an activating group) is 1. The van der Waals surface area contributed by atoms with E-state index in [2.05, 4.69) is 40.5 Å². The van der Waals surface area contributed by atoms with Crippen molar-refractivity contribution in [1.82, 2.24) is 5.32 Å². The lowest BCUT2D eigenvalue weighted by Crippen LogP contribution is -2.23. The van der Waals surface area contributed by atoms with E-state index in [1.807, 2.05) is 43.4 Å². The number of fused-ring (bicyclic) bond motifs is 1. The number of nitrogens with zero attached hydrogens (tertiary/aromatic N) is 1. The van der Waals surface area contributed by atoms with Crippen LogP contribution in [0, 0.1) is 0 Å². The predicted octanol–water partition coefficient (Wildman–Crippen LogP) is 4.68. The van der Waals surface area contributed by atoms with Crippen molar-refractivity contribution in [3.05, 3.63) is 77.2 Å². The van der Waals surface area contributed by atoms with Crippen LogP contribution in [-0.4, -0.2) is 31.3 Å².